The molecular weight excluding hydrogens is 300 g/mol. The maximum Gasteiger partial charge on any atom is 0.246 e. The molecule has 1 saturated heterocycles. The number of benzene rings is 1. The van der Waals surface area contributed by atoms with Crippen molar-refractivity contribution in [3.8, 4) is 0 Å². The molecule has 0 aromatic heterocycles. The van der Waals surface area contributed by atoms with E-state index >= 15 is 0 Å². The Labute approximate surface area is 137 Å². The average Bonchev–Trinajstić information content (AvgIpc) is 3.01. The van der Waals surface area contributed by atoms with Gasteiger partial charge in [-0.1, -0.05) is 23.7 Å². The van der Waals surface area contributed by atoms with Crippen molar-refractivity contribution in [1.29, 1.82) is 0 Å². The minimum absolute atomic E-state index is 0.0631. The molecule has 2 rings (SSSR count). The summed E-state index contributed by atoms with van der Waals surface area (Å²) in [6, 6.07) is 8.10. The van der Waals surface area contributed by atoms with Crippen molar-refractivity contribution in [2.75, 3.05) is 26.2 Å². The molecule has 0 aliphatic carbocycles. The van der Waals surface area contributed by atoms with Crippen molar-refractivity contribution < 1.29 is 9.53 Å². The number of hydrogen-bond donors (Lipinski definition) is 1. The summed E-state index contributed by atoms with van der Waals surface area (Å²) in [7, 11) is 0. The van der Waals surface area contributed by atoms with Gasteiger partial charge in [0.15, 0.2) is 0 Å². The molecule has 0 spiro atoms. The molecule has 1 heterocycles. The van der Waals surface area contributed by atoms with Gasteiger partial charge in [0.2, 0.25) is 5.91 Å². The highest BCUT2D eigenvalue weighted by molar-refractivity contribution is 6.30. The molecule has 4 nitrogen and oxygen atoms in total. The average molecular weight is 325 g/mol. The molecule has 1 aliphatic rings. The van der Waals surface area contributed by atoms with E-state index in [0.717, 1.165) is 18.1 Å². The second-order valence-corrected chi connectivity index (χ2v) is 6.41. The number of hydrogen-bond acceptors (Lipinski definition) is 3. The van der Waals surface area contributed by atoms with Gasteiger partial charge in [0.05, 0.1) is 12.1 Å². The standard InChI is InChI=1S/C17H25ClN2O2/c1-13(2)22-12-17(21)19-11-16(20-9-3-4-10-20)14-5-7-15(18)8-6-14/h5-8,13,16H,3-4,9-12H2,1-2H3,(H,19,21)/t16-/m1/s1. The Bertz CT molecular complexity index is 470. The van der Waals surface area contributed by atoms with E-state index in [9.17, 15) is 4.79 Å². The molecule has 122 valence electrons. The Balaban J connectivity index is 1.96. The Morgan fingerprint density at radius 1 is 1.27 bits per heavy atom. The van der Waals surface area contributed by atoms with Gasteiger partial charge < -0.3 is 10.1 Å². The normalized spacial score (nSPS) is 16.9. The first kappa shape index (κ1) is 17.3. The Hall–Kier alpha value is -1.10. The minimum Gasteiger partial charge on any atom is -0.369 e. The number of carbonyl (C=O) groups excluding carboxylic acids is 1. The number of amides is 1. The first-order valence-electron chi connectivity index (χ1n) is 7.94. The molecule has 0 bridgehead atoms. The smallest absolute Gasteiger partial charge is 0.246 e. The lowest BCUT2D eigenvalue weighted by atomic mass is 10.1. The van der Waals surface area contributed by atoms with Crippen molar-refractivity contribution in [1.82, 2.24) is 10.2 Å². The Morgan fingerprint density at radius 2 is 1.91 bits per heavy atom. The Morgan fingerprint density at radius 3 is 2.50 bits per heavy atom. The first-order valence-corrected chi connectivity index (χ1v) is 8.32. The maximum atomic E-state index is 11.9. The highest BCUT2D eigenvalue weighted by Crippen LogP contribution is 2.25. The van der Waals surface area contributed by atoms with E-state index in [-0.39, 0.29) is 24.7 Å². The summed E-state index contributed by atoms with van der Waals surface area (Å²) in [6.07, 6.45) is 2.50. The third-order valence-corrected chi connectivity index (χ3v) is 4.13. The van der Waals surface area contributed by atoms with Crippen LogP contribution < -0.4 is 5.32 Å². The molecule has 1 N–H and O–H groups in total. The molecule has 1 amide bonds. The number of nitrogens with one attached hydrogen (secondary N) is 1. The molecule has 1 atom stereocenters. The molecule has 1 aliphatic heterocycles. The van der Waals surface area contributed by atoms with Gasteiger partial charge in [-0.25, -0.2) is 0 Å². The first-order chi connectivity index (χ1) is 10.6. The fourth-order valence-electron chi connectivity index (χ4n) is 2.70. The largest absolute Gasteiger partial charge is 0.369 e. The van der Waals surface area contributed by atoms with Crippen LogP contribution in [0.2, 0.25) is 5.02 Å². The number of rotatable bonds is 7. The second kappa shape index (κ2) is 8.51. The van der Waals surface area contributed by atoms with Crippen molar-refractivity contribution in [2.24, 2.45) is 0 Å². The molecule has 5 heteroatoms. The van der Waals surface area contributed by atoms with Crippen molar-refractivity contribution >= 4 is 17.5 Å². The molecule has 1 aromatic rings. The second-order valence-electron chi connectivity index (χ2n) is 5.97. The SMILES string of the molecule is CC(C)OCC(=O)NC[C@H](c1ccc(Cl)cc1)N1CCCC1. The molecule has 22 heavy (non-hydrogen) atoms. The van der Waals surface area contributed by atoms with Gasteiger partial charge in [-0.3, -0.25) is 9.69 Å². The lowest BCUT2D eigenvalue weighted by molar-refractivity contribution is -0.127. The van der Waals surface area contributed by atoms with Crippen LogP contribution in [0, 0.1) is 0 Å². The van der Waals surface area contributed by atoms with E-state index in [1.165, 1.54) is 18.4 Å². The summed E-state index contributed by atoms with van der Waals surface area (Å²) in [4.78, 5) is 14.3. The zero-order valence-corrected chi connectivity index (χ0v) is 14.1. The topological polar surface area (TPSA) is 41.6 Å². The molecule has 0 unspecified atom stereocenters. The number of likely N-dealkylation sites (tertiary alicyclic amines) is 1. The predicted molar refractivity (Wildman–Crippen MR) is 89.1 cm³/mol. The van der Waals surface area contributed by atoms with Crippen LogP contribution in [0.15, 0.2) is 24.3 Å². The van der Waals surface area contributed by atoms with Gasteiger partial charge in [0.1, 0.15) is 6.61 Å². The molecule has 0 saturated carbocycles. The fraction of sp³-hybridized carbons (Fsp3) is 0.588. The van der Waals surface area contributed by atoms with E-state index in [1.807, 2.05) is 38.1 Å². The van der Waals surface area contributed by atoms with Crippen LogP contribution in [0.25, 0.3) is 0 Å². The van der Waals surface area contributed by atoms with Crippen LogP contribution in [0.4, 0.5) is 0 Å². The number of nitrogens with zero attached hydrogens (tertiary/aromatic N) is 1. The maximum absolute atomic E-state index is 11.9. The van der Waals surface area contributed by atoms with Gasteiger partial charge in [0, 0.05) is 11.6 Å². The lowest BCUT2D eigenvalue weighted by Gasteiger charge is -2.28. The molecular formula is C17H25ClN2O2. The predicted octanol–water partition coefficient (Wildman–Crippen LogP) is 3.02. The van der Waals surface area contributed by atoms with Crippen LogP contribution in [0.3, 0.4) is 0 Å². The van der Waals surface area contributed by atoms with E-state index in [4.69, 9.17) is 16.3 Å². The number of halogens is 1. The van der Waals surface area contributed by atoms with Crippen molar-refractivity contribution in [3.63, 3.8) is 0 Å². The van der Waals surface area contributed by atoms with Gasteiger partial charge >= 0.3 is 0 Å². The molecule has 1 fully saturated rings. The van der Waals surface area contributed by atoms with Crippen LogP contribution in [-0.2, 0) is 9.53 Å². The van der Waals surface area contributed by atoms with Crippen LogP contribution in [0.1, 0.15) is 38.3 Å². The summed E-state index contributed by atoms with van der Waals surface area (Å²) < 4.78 is 5.34. The summed E-state index contributed by atoms with van der Waals surface area (Å²) in [5.74, 6) is -0.0631. The zero-order valence-electron chi connectivity index (χ0n) is 13.3. The Kier molecular flexibility index (Phi) is 6.68. The van der Waals surface area contributed by atoms with E-state index in [1.54, 1.807) is 0 Å². The summed E-state index contributed by atoms with van der Waals surface area (Å²) >= 11 is 5.97. The molecule has 0 radical (unpaired) electrons. The number of ether oxygens (including phenoxy) is 1. The number of carbonyl (C=O) groups is 1. The zero-order chi connectivity index (χ0) is 15.9. The third-order valence-electron chi connectivity index (χ3n) is 3.88. The fourth-order valence-corrected chi connectivity index (χ4v) is 2.83. The van der Waals surface area contributed by atoms with E-state index in [0.29, 0.717) is 6.54 Å². The highest BCUT2D eigenvalue weighted by Gasteiger charge is 2.23. The quantitative estimate of drug-likeness (QED) is 0.838. The van der Waals surface area contributed by atoms with Crippen molar-refractivity contribution in [3.05, 3.63) is 34.9 Å². The van der Waals surface area contributed by atoms with Gasteiger partial charge in [-0.2, -0.15) is 0 Å². The van der Waals surface area contributed by atoms with E-state index in [2.05, 4.69) is 10.2 Å². The monoisotopic (exact) mass is 324 g/mol. The van der Waals surface area contributed by atoms with Crippen LogP contribution in [-0.4, -0.2) is 43.2 Å². The van der Waals surface area contributed by atoms with Gasteiger partial charge in [0.25, 0.3) is 0 Å². The van der Waals surface area contributed by atoms with Gasteiger partial charge in [-0.05, 0) is 57.5 Å². The van der Waals surface area contributed by atoms with E-state index < -0.39 is 0 Å². The lowest BCUT2D eigenvalue weighted by Crippen LogP contribution is -2.38. The summed E-state index contributed by atoms with van der Waals surface area (Å²) in [5.41, 5.74) is 1.19. The summed E-state index contributed by atoms with van der Waals surface area (Å²) in [6.45, 7) is 6.71. The van der Waals surface area contributed by atoms with Gasteiger partial charge in [-0.15, -0.1) is 0 Å². The third kappa shape index (κ3) is 5.27. The minimum atomic E-state index is -0.0631. The van der Waals surface area contributed by atoms with Crippen LogP contribution >= 0.6 is 11.6 Å². The highest BCUT2D eigenvalue weighted by atomic mass is 35.5. The molecule has 1 aromatic carbocycles. The van der Waals surface area contributed by atoms with Crippen molar-refractivity contribution in [2.45, 2.75) is 38.8 Å². The summed E-state index contributed by atoms with van der Waals surface area (Å²) in [5, 5.41) is 3.72. The van der Waals surface area contributed by atoms with Crippen LogP contribution in [0.5, 0.6) is 0 Å².